The van der Waals surface area contributed by atoms with Crippen LogP contribution in [-0.2, 0) is 28.3 Å². The third-order valence-corrected chi connectivity index (χ3v) is 15.2. The Bertz CT molecular complexity index is 4510. The van der Waals surface area contributed by atoms with Crippen molar-refractivity contribution in [2.24, 2.45) is 0 Å². The number of pyridine rings is 1. The predicted octanol–water partition coefficient (Wildman–Crippen LogP) is 19.5. The number of nitrogens with zero attached hydrogens (tertiary/aromatic N) is 4. The van der Waals surface area contributed by atoms with E-state index in [1.165, 1.54) is 17.7 Å². The molecule has 5 nitrogen and oxygen atoms in total. The van der Waals surface area contributed by atoms with E-state index in [4.69, 9.17) is 22.1 Å². The van der Waals surface area contributed by atoms with Crippen molar-refractivity contribution in [3.63, 3.8) is 0 Å². The summed E-state index contributed by atoms with van der Waals surface area (Å²) in [5, 5.41) is 8.11. The molecular weight excluding hydrogens is 913 g/mol. The maximum absolute atomic E-state index is 8.87. The van der Waals surface area contributed by atoms with Crippen molar-refractivity contribution in [2.45, 2.75) is 111 Å². The highest BCUT2D eigenvalue weighted by molar-refractivity contribution is 6.22. The van der Waals surface area contributed by atoms with E-state index in [0.29, 0.717) is 34.9 Å². The van der Waals surface area contributed by atoms with E-state index in [0.717, 1.165) is 87.9 Å². The number of anilines is 2. The molecule has 0 amide bonds. The van der Waals surface area contributed by atoms with Crippen LogP contribution in [0.1, 0.15) is 117 Å². The van der Waals surface area contributed by atoms with Crippen LogP contribution in [0.25, 0.3) is 82.1 Å². The Morgan fingerprint density at radius 2 is 1.03 bits per heavy atom. The number of benzene rings is 8. The smallest absolute Gasteiger partial charge is 0.137 e. The average Bonchev–Trinajstić information content (AvgIpc) is 1.17. The molecule has 0 atom stereocenters. The molecular formula is C70H68N4O. The van der Waals surface area contributed by atoms with E-state index >= 15 is 0 Å². The molecule has 12 rings (SSSR count). The van der Waals surface area contributed by atoms with Gasteiger partial charge in [0.15, 0.2) is 0 Å². The van der Waals surface area contributed by atoms with Crippen LogP contribution in [0.3, 0.4) is 0 Å². The summed E-state index contributed by atoms with van der Waals surface area (Å²) in [6, 6.07) is 59.6. The number of rotatable bonds is 5. The van der Waals surface area contributed by atoms with Gasteiger partial charge in [0.2, 0.25) is 0 Å². The molecule has 8 aromatic carbocycles. The Balaban J connectivity index is 1.11. The molecule has 0 saturated carbocycles. The summed E-state index contributed by atoms with van der Waals surface area (Å²) in [5.74, 6) is 2.11. The quantitative estimate of drug-likeness (QED) is 0.172. The van der Waals surface area contributed by atoms with Gasteiger partial charge in [0.1, 0.15) is 24.0 Å². The maximum Gasteiger partial charge on any atom is 0.137 e. The zero-order chi connectivity index (χ0) is 59.8. The van der Waals surface area contributed by atoms with Gasteiger partial charge in [-0.05, 0) is 126 Å². The van der Waals surface area contributed by atoms with Gasteiger partial charge in [-0.3, -0.25) is 4.57 Å². The molecule has 0 radical (unpaired) electrons. The molecule has 1 aliphatic rings. The molecule has 0 saturated heterocycles. The van der Waals surface area contributed by atoms with Crippen LogP contribution in [-0.4, -0.2) is 14.1 Å². The fourth-order valence-corrected chi connectivity index (χ4v) is 11.2. The predicted molar refractivity (Wildman–Crippen MR) is 320 cm³/mol. The standard InChI is InChI=1S/C70H68N4O/c1-67(2,3)45-30-32-55-53-22-13-14-23-54(53)58-27-19-29-62-66(58)73(65-52(25-18-26-59(65)60(55)39-45)44-36-47(69(7,8)9)38-48(37-44)70(10,11)12)43-72(62)49-20-17-21-50(41-49)75-51-31-33-57-56-24-15-16-28-61(56)74(63(57)42-51)64-40-46(34-35-71-64)68(4,5)6/h13-42H,43H2,1-12H3/i7D3,8D3,9D3. The molecule has 0 fully saturated rings. The summed E-state index contributed by atoms with van der Waals surface area (Å²) < 4.78 is 91.2. The van der Waals surface area contributed by atoms with Gasteiger partial charge >= 0.3 is 0 Å². The van der Waals surface area contributed by atoms with Crippen molar-refractivity contribution in [1.82, 2.24) is 14.1 Å². The number of para-hydroxylation sites is 3. The molecule has 3 aromatic heterocycles. The third-order valence-electron chi connectivity index (χ3n) is 15.2. The Morgan fingerprint density at radius 3 is 1.76 bits per heavy atom. The number of ether oxygens (including phenoxy) is 1. The maximum atomic E-state index is 8.87. The first-order valence-corrected chi connectivity index (χ1v) is 26.0. The van der Waals surface area contributed by atoms with Gasteiger partial charge in [-0.15, -0.1) is 0 Å². The van der Waals surface area contributed by atoms with E-state index in [1.54, 1.807) is 0 Å². The number of aromatic nitrogens is 3. The minimum atomic E-state index is -3.47. The molecule has 0 aliphatic carbocycles. The summed E-state index contributed by atoms with van der Waals surface area (Å²) in [4.78, 5) is 7.18. The molecule has 0 N–H and O–H groups in total. The third kappa shape index (κ3) is 8.38. The Kier molecular flexibility index (Phi) is 8.94. The zero-order valence-electron chi connectivity index (χ0n) is 53.2. The number of hydrogen-bond acceptors (Lipinski definition) is 3. The molecule has 4 heterocycles. The van der Waals surface area contributed by atoms with Crippen LogP contribution < -0.4 is 9.64 Å². The van der Waals surface area contributed by atoms with Crippen molar-refractivity contribution in [1.29, 1.82) is 0 Å². The van der Waals surface area contributed by atoms with Crippen LogP contribution >= 0.6 is 0 Å². The molecule has 0 spiro atoms. The van der Waals surface area contributed by atoms with Gasteiger partial charge < -0.3 is 14.2 Å². The van der Waals surface area contributed by atoms with Crippen LogP contribution in [0.2, 0.25) is 0 Å². The second-order valence-corrected chi connectivity index (χ2v) is 23.5. The lowest BCUT2D eigenvalue weighted by atomic mass is 9.78. The first-order valence-electron chi connectivity index (χ1n) is 30.5. The number of fused-ring (bicyclic) bond motifs is 10. The van der Waals surface area contributed by atoms with E-state index in [9.17, 15) is 0 Å². The summed E-state index contributed by atoms with van der Waals surface area (Å²) in [7, 11) is 0. The van der Waals surface area contributed by atoms with Crippen LogP contribution in [0.15, 0.2) is 182 Å². The van der Waals surface area contributed by atoms with E-state index in [-0.39, 0.29) is 16.4 Å². The lowest BCUT2D eigenvalue weighted by Crippen LogP contribution is -2.17. The van der Waals surface area contributed by atoms with E-state index in [2.05, 4.69) is 183 Å². The molecule has 1 aliphatic heterocycles. The summed E-state index contributed by atoms with van der Waals surface area (Å²) in [5.41, 5.74) is 5.02. The second-order valence-electron chi connectivity index (χ2n) is 23.5. The molecule has 11 aromatic rings. The summed E-state index contributed by atoms with van der Waals surface area (Å²) >= 11 is 0. The van der Waals surface area contributed by atoms with Gasteiger partial charge in [0.05, 0.1) is 27.8 Å². The van der Waals surface area contributed by atoms with Crippen molar-refractivity contribution >= 4 is 76.5 Å². The summed E-state index contributed by atoms with van der Waals surface area (Å²) in [6.07, 6.45) is 1.88. The van der Waals surface area contributed by atoms with Crippen molar-refractivity contribution < 1.29 is 17.1 Å². The Hall–Kier alpha value is -7.89. The largest absolute Gasteiger partial charge is 0.457 e. The van der Waals surface area contributed by atoms with Crippen LogP contribution in [0.4, 0.5) is 11.4 Å². The fraction of sp³-hybridized carbons (Fsp3) is 0.243. The Morgan fingerprint density at radius 1 is 0.440 bits per heavy atom. The van der Waals surface area contributed by atoms with Gasteiger partial charge in [-0.25, -0.2) is 4.98 Å². The highest BCUT2D eigenvalue weighted by Crippen LogP contribution is 2.47. The Labute approximate surface area is 455 Å². The zero-order valence-corrected chi connectivity index (χ0v) is 44.2. The fourth-order valence-electron chi connectivity index (χ4n) is 11.2. The van der Waals surface area contributed by atoms with Gasteiger partial charge in [-0.1, -0.05) is 192 Å². The summed E-state index contributed by atoms with van der Waals surface area (Å²) in [6.45, 7) is 8.97. The molecule has 374 valence electrons. The minimum absolute atomic E-state index is 0.0813. The number of hydrogen-bond donors (Lipinski definition) is 0. The minimum Gasteiger partial charge on any atom is -0.457 e. The van der Waals surface area contributed by atoms with Crippen LogP contribution in [0, 0.1) is 0 Å². The lowest BCUT2D eigenvalue weighted by Gasteiger charge is -2.27. The highest BCUT2D eigenvalue weighted by atomic mass is 16.5. The first-order chi connectivity index (χ1) is 39.5. The average molecular weight is 990 g/mol. The second kappa shape index (κ2) is 17.3. The van der Waals surface area contributed by atoms with Crippen molar-refractivity contribution in [3.05, 3.63) is 204 Å². The van der Waals surface area contributed by atoms with Gasteiger partial charge in [0, 0.05) is 63.5 Å². The van der Waals surface area contributed by atoms with Gasteiger partial charge in [0.25, 0.3) is 0 Å². The van der Waals surface area contributed by atoms with Crippen LogP contribution in [0.5, 0.6) is 11.5 Å². The molecule has 75 heavy (non-hydrogen) atoms. The van der Waals surface area contributed by atoms with E-state index < -0.39 is 31.4 Å². The van der Waals surface area contributed by atoms with Gasteiger partial charge in [-0.2, -0.15) is 0 Å². The normalized spacial score (nSPS) is 15.5. The molecule has 0 bridgehead atoms. The first kappa shape index (κ1) is 38.7. The van der Waals surface area contributed by atoms with E-state index in [1.807, 2.05) is 63.4 Å². The monoisotopic (exact) mass is 990 g/mol. The highest BCUT2D eigenvalue weighted by Gasteiger charge is 2.28. The topological polar surface area (TPSA) is 35.2 Å². The SMILES string of the molecule is [2H]C([2H])([2H])C(c1cc(-c2cccc3c4cc(C(C)(C)C)ccc4c4ccccc4c4cccc5c4n(c23)CN5c2cccc(Oc3ccc4c5ccccc5n(-c5cc(C(C)(C)C)ccn5)c4c3)c2)cc(C(C)(C)C)c1)(C([2H])([2H])[2H])C([2H])([2H])[2H]. The lowest BCUT2D eigenvalue weighted by molar-refractivity contribution is 0.483. The van der Waals surface area contributed by atoms with Crippen molar-refractivity contribution in [3.8, 4) is 28.4 Å². The van der Waals surface area contributed by atoms with Crippen molar-refractivity contribution in [2.75, 3.05) is 4.90 Å². The molecule has 5 heteroatoms. The molecule has 0 unspecified atom stereocenters.